The van der Waals surface area contributed by atoms with Crippen LogP contribution in [0.5, 0.6) is 0 Å². The van der Waals surface area contributed by atoms with Gasteiger partial charge in [-0.1, -0.05) is 13.3 Å². The van der Waals surface area contributed by atoms with Crippen molar-refractivity contribution in [3.8, 4) is 0 Å². The van der Waals surface area contributed by atoms with Crippen LogP contribution in [0.2, 0.25) is 0 Å². The minimum absolute atomic E-state index is 0.0256. The van der Waals surface area contributed by atoms with Crippen LogP contribution < -0.4 is 0 Å². The third-order valence-electron chi connectivity index (χ3n) is 7.93. The minimum Gasteiger partial charge on any atom is -0.468 e. The Kier molecular flexibility index (Phi) is 5.10. The summed E-state index contributed by atoms with van der Waals surface area (Å²) in [6.07, 6.45) is 5.71. The third kappa shape index (κ3) is 3.12. The largest absolute Gasteiger partial charge is 0.468 e. The van der Waals surface area contributed by atoms with Crippen molar-refractivity contribution in [2.45, 2.75) is 63.6 Å². The summed E-state index contributed by atoms with van der Waals surface area (Å²) >= 11 is 0. The van der Waals surface area contributed by atoms with E-state index in [2.05, 4.69) is 16.7 Å². The lowest BCUT2D eigenvalue weighted by molar-refractivity contribution is -0.155. The Hall–Kier alpha value is -1.34. The van der Waals surface area contributed by atoms with E-state index < -0.39 is 6.09 Å². The summed E-state index contributed by atoms with van der Waals surface area (Å²) < 4.78 is 4.93. The van der Waals surface area contributed by atoms with Crippen molar-refractivity contribution >= 4 is 12.1 Å². The number of amides is 1. The van der Waals surface area contributed by atoms with Crippen LogP contribution in [0.4, 0.5) is 4.79 Å². The molecule has 0 aromatic carbocycles. The second-order valence-corrected chi connectivity index (χ2v) is 8.94. The monoisotopic (exact) mass is 379 g/mol. The number of esters is 1. The number of carboxylic acid groups (broad SMARTS) is 1. The highest BCUT2D eigenvalue weighted by Gasteiger charge is 2.58. The number of carbonyl (C=O) groups excluding carboxylic acids is 1. The second-order valence-electron chi connectivity index (χ2n) is 8.94. The van der Waals surface area contributed by atoms with Crippen molar-refractivity contribution in [1.82, 2.24) is 14.7 Å². The summed E-state index contributed by atoms with van der Waals surface area (Å²) in [5, 5.41) is 9.30. The van der Waals surface area contributed by atoms with Gasteiger partial charge in [0.25, 0.3) is 0 Å². The fraction of sp³-hybridized carbons (Fsp3) is 0.900. The van der Waals surface area contributed by atoms with Gasteiger partial charge in [-0.05, 0) is 56.5 Å². The number of rotatable bonds is 4. The zero-order valence-electron chi connectivity index (χ0n) is 16.6. The summed E-state index contributed by atoms with van der Waals surface area (Å²) in [6, 6.07) is 1.09. The molecular formula is C20H33N3O4. The number of ether oxygens (including phenoxy) is 1. The number of hydrogen-bond acceptors (Lipinski definition) is 5. The molecule has 0 aromatic rings. The zero-order valence-corrected chi connectivity index (χ0v) is 16.6. The first-order chi connectivity index (χ1) is 13.0. The molecule has 4 fully saturated rings. The highest BCUT2D eigenvalue weighted by atomic mass is 16.5. The van der Waals surface area contributed by atoms with Gasteiger partial charge in [0.15, 0.2) is 0 Å². The Balaban J connectivity index is 1.30. The van der Waals surface area contributed by atoms with Crippen LogP contribution in [0, 0.1) is 11.3 Å². The van der Waals surface area contributed by atoms with Crippen LogP contribution in [-0.4, -0.2) is 89.8 Å². The molecule has 0 radical (unpaired) electrons. The Morgan fingerprint density at radius 3 is 2.41 bits per heavy atom. The zero-order chi connectivity index (χ0) is 19.2. The molecule has 3 aliphatic heterocycles. The van der Waals surface area contributed by atoms with Crippen LogP contribution in [0.25, 0.3) is 0 Å². The van der Waals surface area contributed by atoms with Crippen LogP contribution >= 0.6 is 0 Å². The molecule has 152 valence electrons. The molecule has 3 unspecified atom stereocenters. The number of hydrogen-bond donors (Lipinski definition) is 1. The van der Waals surface area contributed by atoms with Crippen LogP contribution in [0.1, 0.15) is 45.4 Å². The average molecular weight is 380 g/mol. The highest BCUT2D eigenvalue weighted by Crippen LogP contribution is 2.56. The quantitative estimate of drug-likeness (QED) is 0.752. The van der Waals surface area contributed by atoms with Crippen molar-refractivity contribution in [2.75, 3.05) is 39.8 Å². The molecule has 1 N–H and O–H groups in total. The van der Waals surface area contributed by atoms with Gasteiger partial charge in [0.05, 0.1) is 7.11 Å². The summed E-state index contributed by atoms with van der Waals surface area (Å²) in [4.78, 5) is 29.8. The number of carbonyl (C=O) groups is 2. The Labute approximate surface area is 161 Å². The van der Waals surface area contributed by atoms with E-state index in [-0.39, 0.29) is 17.4 Å². The maximum Gasteiger partial charge on any atom is 0.407 e. The summed E-state index contributed by atoms with van der Waals surface area (Å²) in [5.41, 5.74) is 0.224. The molecule has 27 heavy (non-hydrogen) atoms. The van der Waals surface area contributed by atoms with Gasteiger partial charge in [-0.15, -0.1) is 0 Å². The molecule has 1 saturated carbocycles. The summed E-state index contributed by atoms with van der Waals surface area (Å²) in [7, 11) is 1.48. The van der Waals surface area contributed by atoms with E-state index in [9.17, 15) is 14.7 Å². The lowest BCUT2D eigenvalue weighted by atomic mass is 9.54. The molecule has 1 amide bonds. The molecule has 7 nitrogen and oxygen atoms in total. The van der Waals surface area contributed by atoms with Gasteiger partial charge in [0, 0.05) is 31.7 Å². The van der Waals surface area contributed by atoms with Crippen LogP contribution in [-0.2, 0) is 9.53 Å². The van der Waals surface area contributed by atoms with Gasteiger partial charge in [-0.2, -0.15) is 0 Å². The first kappa shape index (κ1) is 19.0. The summed E-state index contributed by atoms with van der Waals surface area (Å²) in [6.45, 7) is 6.88. The molecule has 0 bridgehead atoms. The van der Waals surface area contributed by atoms with Crippen molar-refractivity contribution in [3.63, 3.8) is 0 Å². The van der Waals surface area contributed by atoms with Gasteiger partial charge in [0.1, 0.15) is 6.04 Å². The normalized spacial score (nSPS) is 37.9. The van der Waals surface area contributed by atoms with E-state index in [0.717, 1.165) is 64.7 Å². The van der Waals surface area contributed by atoms with Crippen LogP contribution in [0.3, 0.4) is 0 Å². The molecular weight excluding hydrogens is 346 g/mol. The molecule has 4 aliphatic rings. The topological polar surface area (TPSA) is 73.3 Å². The maximum absolute atomic E-state index is 11.9. The van der Waals surface area contributed by atoms with E-state index in [1.54, 1.807) is 4.90 Å². The minimum atomic E-state index is -0.763. The van der Waals surface area contributed by atoms with Gasteiger partial charge in [0.2, 0.25) is 0 Å². The van der Waals surface area contributed by atoms with Crippen molar-refractivity contribution in [2.24, 2.45) is 11.3 Å². The number of methoxy groups -OCH3 is 1. The predicted molar refractivity (Wildman–Crippen MR) is 101 cm³/mol. The van der Waals surface area contributed by atoms with Gasteiger partial charge >= 0.3 is 12.1 Å². The molecule has 1 spiro atoms. The van der Waals surface area contributed by atoms with E-state index >= 15 is 0 Å². The van der Waals surface area contributed by atoms with Gasteiger partial charge < -0.3 is 14.7 Å². The lowest BCUT2D eigenvalue weighted by Gasteiger charge is -2.59. The average Bonchev–Trinajstić information content (AvgIpc) is 3.07. The fourth-order valence-electron chi connectivity index (χ4n) is 6.36. The number of nitrogens with zero attached hydrogens (tertiary/aromatic N) is 3. The fourth-order valence-corrected chi connectivity index (χ4v) is 6.36. The van der Waals surface area contributed by atoms with E-state index in [1.807, 2.05) is 0 Å². The van der Waals surface area contributed by atoms with Crippen molar-refractivity contribution in [1.29, 1.82) is 0 Å². The highest BCUT2D eigenvalue weighted by molar-refractivity contribution is 5.76. The lowest BCUT2D eigenvalue weighted by Crippen LogP contribution is -2.64. The van der Waals surface area contributed by atoms with Gasteiger partial charge in [-0.3, -0.25) is 14.6 Å². The molecule has 4 atom stereocenters. The molecule has 0 aromatic heterocycles. The van der Waals surface area contributed by atoms with E-state index in [0.29, 0.717) is 24.5 Å². The van der Waals surface area contributed by atoms with Crippen molar-refractivity contribution < 1.29 is 19.4 Å². The molecule has 7 heteroatoms. The maximum atomic E-state index is 11.9. The summed E-state index contributed by atoms with van der Waals surface area (Å²) in [5.74, 6) is 0.533. The Morgan fingerprint density at radius 2 is 1.89 bits per heavy atom. The SMILES string of the molecule is CCC1C(N2CCC(N3CC[C@@H]3C(=O)OC)CC2)CC12CCN(C(=O)O)C2. The molecule has 1 aliphatic carbocycles. The number of likely N-dealkylation sites (tertiary alicyclic amines) is 3. The molecule has 3 saturated heterocycles. The van der Waals surface area contributed by atoms with E-state index in [1.165, 1.54) is 7.11 Å². The number of piperidine rings is 1. The van der Waals surface area contributed by atoms with Crippen molar-refractivity contribution in [3.05, 3.63) is 0 Å². The van der Waals surface area contributed by atoms with Gasteiger partial charge in [-0.25, -0.2) is 4.79 Å². The Bertz CT molecular complexity index is 592. The van der Waals surface area contributed by atoms with Crippen LogP contribution in [0.15, 0.2) is 0 Å². The molecule has 3 heterocycles. The Morgan fingerprint density at radius 1 is 1.15 bits per heavy atom. The smallest absolute Gasteiger partial charge is 0.407 e. The molecule has 4 rings (SSSR count). The standard InChI is InChI=1S/C20H33N3O4/c1-3-15-17(12-20(15)7-11-22(13-20)19(25)26)21-8-4-14(5-9-21)23-10-6-16(23)18(24)27-2/h14-17H,3-13H2,1-2H3,(H,25,26)/t15?,16-,17?,20?/m1/s1. The van der Waals surface area contributed by atoms with E-state index in [4.69, 9.17) is 4.74 Å². The first-order valence-corrected chi connectivity index (χ1v) is 10.5. The second kappa shape index (κ2) is 7.24. The third-order valence-corrected chi connectivity index (χ3v) is 7.93. The first-order valence-electron chi connectivity index (χ1n) is 10.5. The predicted octanol–water partition coefficient (Wildman–Crippen LogP) is 1.87.